The van der Waals surface area contributed by atoms with Crippen LogP contribution in [0.1, 0.15) is 53.4 Å². The molecule has 6 heteroatoms. The molecular weight excluding hydrogens is 300 g/mol. The highest BCUT2D eigenvalue weighted by Crippen LogP contribution is 2.40. The maximum Gasteiger partial charge on any atom is 0.254 e. The molecule has 0 unspecified atom stereocenters. The van der Waals surface area contributed by atoms with Gasteiger partial charge >= 0.3 is 0 Å². The van der Waals surface area contributed by atoms with E-state index in [1.165, 1.54) is 16.2 Å². The van der Waals surface area contributed by atoms with E-state index in [1.807, 2.05) is 0 Å². The van der Waals surface area contributed by atoms with Gasteiger partial charge in [-0.2, -0.15) is 0 Å². The predicted molar refractivity (Wildman–Crippen MR) is 86.2 cm³/mol. The standard InChI is InChI=1S/C16H22N2O3S/c1-2-9-5-6-10-12(8-9)22-16(13(10)14(17)19)18-15(20)11-4-3-7-21-11/h9,11H,2-8H2,1H3,(H2,17,19)(H,18,20)/t9-,11+/m1/s1. The first-order valence-corrected chi connectivity index (χ1v) is 8.78. The number of carbonyl (C=O) groups excluding carboxylic acids is 2. The van der Waals surface area contributed by atoms with Gasteiger partial charge in [0, 0.05) is 11.5 Å². The molecule has 0 aromatic carbocycles. The number of hydrogen-bond donors (Lipinski definition) is 2. The van der Waals surface area contributed by atoms with Gasteiger partial charge in [0.25, 0.3) is 11.8 Å². The van der Waals surface area contributed by atoms with Crippen LogP contribution in [0.25, 0.3) is 0 Å². The Hall–Kier alpha value is -1.40. The average Bonchev–Trinajstić information content (AvgIpc) is 3.13. The lowest BCUT2D eigenvalue weighted by atomic mass is 9.85. The summed E-state index contributed by atoms with van der Waals surface area (Å²) in [5, 5.41) is 3.48. The van der Waals surface area contributed by atoms with Crippen molar-refractivity contribution in [2.75, 3.05) is 11.9 Å². The number of rotatable bonds is 4. The molecule has 0 radical (unpaired) electrons. The van der Waals surface area contributed by atoms with Crippen LogP contribution in [0.5, 0.6) is 0 Å². The molecule has 1 aromatic rings. The fraction of sp³-hybridized carbons (Fsp3) is 0.625. The largest absolute Gasteiger partial charge is 0.368 e. The van der Waals surface area contributed by atoms with Crippen molar-refractivity contribution in [2.45, 2.75) is 51.6 Å². The lowest BCUT2D eigenvalue weighted by molar-refractivity contribution is -0.124. The number of carbonyl (C=O) groups is 2. The summed E-state index contributed by atoms with van der Waals surface area (Å²) in [6.07, 6.45) is 5.31. The highest BCUT2D eigenvalue weighted by atomic mass is 32.1. The van der Waals surface area contributed by atoms with Gasteiger partial charge in [-0.1, -0.05) is 13.3 Å². The van der Waals surface area contributed by atoms with Crippen molar-refractivity contribution in [3.05, 3.63) is 16.0 Å². The molecule has 120 valence electrons. The Kier molecular flexibility index (Phi) is 4.49. The van der Waals surface area contributed by atoms with Crippen molar-refractivity contribution in [1.29, 1.82) is 0 Å². The molecule has 3 rings (SSSR count). The SMILES string of the molecule is CC[C@@H]1CCc2c(sc(NC(=O)[C@@H]3CCCO3)c2C(N)=O)C1. The Balaban J connectivity index is 1.85. The van der Waals surface area contributed by atoms with Gasteiger partial charge in [0.15, 0.2) is 0 Å². The number of fused-ring (bicyclic) bond motifs is 1. The van der Waals surface area contributed by atoms with E-state index in [0.29, 0.717) is 23.1 Å². The summed E-state index contributed by atoms with van der Waals surface area (Å²) < 4.78 is 5.40. The minimum atomic E-state index is -0.449. The summed E-state index contributed by atoms with van der Waals surface area (Å²) in [5.41, 5.74) is 7.13. The van der Waals surface area contributed by atoms with E-state index >= 15 is 0 Å². The summed E-state index contributed by atoms with van der Waals surface area (Å²) in [5.74, 6) is 0.0503. The van der Waals surface area contributed by atoms with E-state index in [0.717, 1.165) is 44.1 Å². The van der Waals surface area contributed by atoms with Crippen molar-refractivity contribution in [2.24, 2.45) is 11.7 Å². The molecule has 22 heavy (non-hydrogen) atoms. The van der Waals surface area contributed by atoms with Crippen LogP contribution < -0.4 is 11.1 Å². The van der Waals surface area contributed by atoms with E-state index < -0.39 is 12.0 Å². The Bertz CT molecular complexity index is 590. The molecular formula is C16H22N2O3S. The second-order valence-electron chi connectivity index (χ2n) is 6.08. The first kappa shape index (κ1) is 15.5. The molecule has 2 aliphatic rings. The third-order valence-electron chi connectivity index (χ3n) is 4.65. The van der Waals surface area contributed by atoms with Gasteiger partial charge in [-0.25, -0.2) is 0 Å². The Labute approximate surface area is 134 Å². The van der Waals surface area contributed by atoms with Gasteiger partial charge in [-0.3, -0.25) is 9.59 Å². The topological polar surface area (TPSA) is 81.4 Å². The Morgan fingerprint density at radius 3 is 2.86 bits per heavy atom. The summed E-state index contributed by atoms with van der Waals surface area (Å²) in [7, 11) is 0. The third kappa shape index (κ3) is 2.90. The van der Waals surface area contributed by atoms with Crippen LogP contribution in [0.3, 0.4) is 0 Å². The number of ether oxygens (including phenoxy) is 1. The number of primary amides is 1. The van der Waals surface area contributed by atoms with Crippen LogP contribution in [-0.2, 0) is 22.4 Å². The molecule has 2 heterocycles. The fourth-order valence-electron chi connectivity index (χ4n) is 3.33. The van der Waals surface area contributed by atoms with Gasteiger partial charge in [-0.05, 0) is 43.6 Å². The first-order chi connectivity index (χ1) is 10.6. The molecule has 1 aliphatic carbocycles. The molecule has 1 fully saturated rings. The molecule has 3 N–H and O–H groups in total. The highest BCUT2D eigenvalue weighted by molar-refractivity contribution is 7.17. The smallest absolute Gasteiger partial charge is 0.254 e. The number of anilines is 1. The van der Waals surface area contributed by atoms with Crippen LogP contribution in [0.4, 0.5) is 5.00 Å². The molecule has 1 saturated heterocycles. The maximum atomic E-state index is 12.2. The van der Waals surface area contributed by atoms with E-state index in [9.17, 15) is 9.59 Å². The highest BCUT2D eigenvalue weighted by Gasteiger charge is 2.30. The van der Waals surface area contributed by atoms with Crippen LogP contribution in [0.2, 0.25) is 0 Å². The monoisotopic (exact) mass is 322 g/mol. The zero-order chi connectivity index (χ0) is 15.7. The summed E-state index contributed by atoms with van der Waals surface area (Å²) in [6, 6.07) is 0. The molecule has 5 nitrogen and oxygen atoms in total. The van der Waals surface area contributed by atoms with Crippen molar-refractivity contribution in [3.63, 3.8) is 0 Å². The summed E-state index contributed by atoms with van der Waals surface area (Å²) in [6.45, 7) is 2.82. The van der Waals surface area contributed by atoms with E-state index in [-0.39, 0.29) is 5.91 Å². The van der Waals surface area contributed by atoms with Crippen molar-refractivity contribution >= 4 is 28.2 Å². The molecule has 1 aliphatic heterocycles. The van der Waals surface area contributed by atoms with Crippen molar-refractivity contribution in [1.82, 2.24) is 0 Å². The Morgan fingerprint density at radius 1 is 1.41 bits per heavy atom. The second-order valence-corrected chi connectivity index (χ2v) is 7.19. The number of nitrogens with two attached hydrogens (primary N) is 1. The minimum absolute atomic E-state index is 0.161. The van der Waals surface area contributed by atoms with Gasteiger partial charge in [0.2, 0.25) is 0 Å². The third-order valence-corrected chi connectivity index (χ3v) is 5.82. The lowest BCUT2D eigenvalue weighted by Crippen LogP contribution is -2.27. The van der Waals surface area contributed by atoms with Crippen molar-refractivity contribution in [3.8, 4) is 0 Å². The minimum Gasteiger partial charge on any atom is -0.368 e. The zero-order valence-corrected chi connectivity index (χ0v) is 13.6. The maximum absolute atomic E-state index is 12.2. The second kappa shape index (κ2) is 6.38. The predicted octanol–water partition coefficient (Wildman–Crippen LogP) is 2.48. The summed E-state index contributed by atoms with van der Waals surface area (Å²) in [4.78, 5) is 25.3. The zero-order valence-electron chi connectivity index (χ0n) is 12.8. The van der Waals surface area contributed by atoms with Gasteiger partial charge in [-0.15, -0.1) is 11.3 Å². The lowest BCUT2D eigenvalue weighted by Gasteiger charge is -2.20. The van der Waals surface area contributed by atoms with Crippen LogP contribution in [0.15, 0.2) is 0 Å². The molecule has 2 atom stereocenters. The molecule has 2 amide bonds. The fourth-order valence-corrected chi connectivity index (χ4v) is 4.70. The number of amides is 2. The van der Waals surface area contributed by atoms with Gasteiger partial charge in [0.05, 0.1) is 5.56 Å². The van der Waals surface area contributed by atoms with Crippen molar-refractivity contribution < 1.29 is 14.3 Å². The molecule has 0 saturated carbocycles. The molecule has 0 bridgehead atoms. The number of hydrogen-bond acceptors (Lipinski definition) is 4. The number of thiophene rings is 1. The van der Waals surface area contributed by atoms with E-state index in [1.54, 1.807) is 0 Å². The van der Waals surface area contributed by atoms with Crippen LogP contribution >= 0.6 is 11.3 Å². The van der Waals surface area contributed by atoms with Crippen LogP contribution in [-0.4, -0.2) is 24.5 Å². The van der Waals surface area contributed by atoms with Gasteiger partial charge < -0.3 is 15.8 Å². The van der Waals surface area contributed by atoms with E-state index in [4.69, 9.17) is 10.5 Å². The van der Waals surface area contributed by atoms with Gasteiger partial charge in [0.1, 0.15) is 11.1 Å². The quantitative estimate of drug-likeness (QED) is 0.893. The molecule has 1 aromatic heterocycles. The first-order valence-electron chi connectivity index (χ1n) is 7.97. The van der Waals surface area contributed by atoms with E-state index in [2.05, 4.69) is 12.2 Å². The normalized spacial score (nSPS) is 24.0. The van der Waals surface area contributed by atoms with Crippen LogP contribution in [0, 0.1) is 5.92 Å². The average molecular weight is 322 g/mol. The molecule has 0 spiro atoms. The summed E-state index contributed by atoms with van der Waals surface area (Å²) >= 11 is 1.51. The number of nitrogens with one attached hydrogen (secondary N) is 1. The Morgan fingerprint density at radius 2 is 2.23 bits per heavy atom.